The van der Waals surface area contributed by atoms with E-state index in [4.69, 9.17) is 11.6 Å². The molecule has 2 nitrogen and oxygen atoms in total. The van der Waals surface area contributed by atoms with Crippen molar-refractivity contribution in [2.75, 3.05) is 6.67 Å². The van der Waals surface area contributed by atoms with Crippen LogP contribution in [0, 0.1) is 0 Å². The van der Waals surface area contributed by atoms with Gasteiger partial charge in [0.05, 0.1) is 0 Å². The van der Waals surface area contributed by atoms with E-state index in [1.165, 1.54) is 0 Å². The van der Waals surface area contributed by atoms with Crippen molar-refractivity contribution in [1.29, 1.82) is 0 Å². The highest BCUT2D eigenvalue weighted by Gasteiger charge is 1.75. The van der Waals surface area contributed by atoms with Gasteiger partial charge in [-0.2, -0.15) is 0 Å². The molecule has 58 valence electrons. The van der Waals surface area contributed by atoms with Gasteiger partial charge in [-0.25, -0.2) is 4.39 Å². The second-order valence-corrected chi connectivity index (χ2v) is 1.79. The van der Waals surface area contributed by atoms with E-state index in [2.05, 4.69) is 18.9 Å². The molecule has 0 aromatic carbocycles. The normalized spacial score (nSPS) is 7.00. The van der Waals surface area contributed by atoms with Gasteiger partial charge in [-0.05, 0) is 6.08 Å². The van der Waals surface area contributed by atoms with Crippen LogP contribution in [-0.4, -0.2) is 12.6 Å². The molecule has 0 rings (SSSR count). The fraction of sp³-hybridized carbons (Fsp3) is 0.167. The Balaban J connectivity index is 0. The van der Waals surface area contributed by atoms with Crippen LogP contribution in [0.4, 0.5) is 4.39 Å². The third-order valence-corrected chi connectivity index (χ3v) is 0.447. The molecule has 4 heteroatoms. The third kappa shape index (κ3) is 27.2. The zero-order chi connectivity index (χ0) is 8.57. The Morgan fingerprint density at radius 3 is 2.00 bits per heavy atom. The van der Waals surface area contributed by atoms with Gasteiger partial charge in [0.15, 0.2) is 0 Å². The molecular weight excluding hydrogens is 157 g/mol. The molecule has 0 aliphatic heterocycles. The number of carbonyl (C=O) groups excluding carboxylic acids is 1. The summed E-state index contributed by atoms with van der Waals surface area (Å²) < 4.78 is 10.9. The molecule has 10 heavy (non-hydrogen) atoms. The lowest BCUT2D eigenvalue weighted by molar-refractivity contribution is -0.113. The summed E-state index contributed by atoms with van der Waals surface area (Å²) in [5.74, 6) is -0.481. The van der Waals surface area contributed by atoms with Crippen molar-refractivity contribution >= 4 is 17.5 Å². The summed E-state index contributed by atoms with van der Waals surface area (Å²) in [7, 11) is 0. The number of hydrogen-bond acceptors (Lipinski definition) is 1. The van der Waals surface area contributed by atoms with Gasteiger partial charge in [0.25, 0.3) is 0 Å². The van der Waals surface area contributed by atoms with E-state index < -0.39 is 12.6 Å². The predicted molar refractivity (Wildman–Crippen MR) is 40.4 cm³/mol. The molecule has 0 saturated heterocycles. The Morgan fingerprint density at radius 1 is 1.80 bits per heavy atom. The van der Waals surface area contributed by atoms with Gasteiger partial charge in [-0.1, -0.05) is 24.8 Å². The summed E-state index contributed by atoms with van der Waals surface area (Å²) in [4.78, 5) is 9.47. The second kappa shape index (κ2) is 8.17. The Morgan fingerprint density at radius 2 is 2.00 bits per heavy atom. The highest BCUT2D eigenvalue weighted by Crippen LogP contribution is 1.93. The summed E-state index contributed by atoms with van der Waals surface area (Å²) in [6.07, 6.45) is 1.06. The van der Waals surface area contributed by atoms with Crippen molar-refractivity contribution in [2.24, 2.45) is 5.73 Å². The Hall–Kier alpha value is -0.830. The molecule has 2 N–H and O–H groups in total. The minimum Gasteiger partial charge on any atom is -0.366 e. The molecule has 0 fully saturated rings. The molecule has 0 aromatic rings. The van der Waals surface area contributed by atoms with Crippen molar-refractivity contribution in [2.45, 2.75) is 0 Å². The molecule has 0 aromatic heterocycles. The first kappa shape index (κ1) is 11.9. The van der Waals surface area contributed by atoms with Crippen LogP contribution in [0.1, 0.15) is 0 Å². The Bertz CT molecular complexity index is 136. The van der Waals surface area contributed by atoms with E-state index in [9.17, 15) is 9.18 Å². The molecule has 1 amide bonds. The van der Waals surface area contributed by atoms with Crippen LogP contribution < -0.4 is 5.73 Å². The molecule has 0 atom stereocenters. The number of nitrogens with two attached hydrogens (primary N) is 1. The lowest BCUT2D eigenvalue weighted by atomic mass is 10.6. The number of carbonyl (C=O) groups is 1. The minimum atomic E-state index is -0.623. The summed E-state index contributed by atoms with van der Waals surface area (Å²) >= 11 is 4.89. The fourth-order valence-corrected chi connectivity index (χ4v) is 0. The summed E-state index contributed by atoms with van der Waals surface area (Å²) in [6.45, 7) is 5.53. The van der Waals surface area contributed by atoms with Gasteiger partial charge in [0, 0.05) is 5.03 Å². The van der Waals surface area contributed by atoms with E-state index in [-0.39, 0.29) is 5.03 Å². The van der Waals surface area contributed by atoms with Crippen LogP contribution in [0.2, 0.25) is 0 Å². The number of primary amides is 1. The number of allylic oxidation sites excluding steroid dienone is 1. The minimum absolute atomic E-state index is 0.0602. The molecule has 0 saturated carbocycles. The highest BCUT2D eigenvalue weighted by molar-refractivity contribution is 6.29. The molecule has 0 aliphatic rings. The monoisotopic (exact) mass is 165 g/mol. The van der Waals surface area contributed by atoms with Crippen molar-refractivity contribution in [1.82, 2.24) is 0 Å². The molecule has 0 heterocycles. The maximum atomic E-state index is 10.9. The second-order valence-electron chi connectivity index (χ2n) is 1.26. The quantitative estimate of drug-likeness (QED) is 0.617. The van der Waals surface area contributed by atoms with Crippen molar-refractivity contribution in [3.8, 4) is 0 Å². The average Bonchev–Trinajstić information content (AvgIpc) is 1.89. The van der Waals surface area contributed by atoms with Gasteiger partial charge in [-0.15, -0.1) is 0 Å². The van der Waals surface area contributed by atoms with Crippen LogP contribution >= 0.6 is 11.6 Å². The number of rotatable bonds is 2. The summed E-state index contributed by atoms with van der Waals surface area (Å²) in [5.41, 5.74) is 4.53. The summed E-state index contributed by atoms with van der Waals surface area (Å²) in [6, 6.07) is 0. The standard InChI is InChI=1S/C3H4ClF.C3H5NO/c1-3(4)2-5;1-2-3(4)5/h1-2H2;2H,1H2,(H2,4,5). The molecular formula is C6H9ClFNO. The number of amides is 1. The maximum Gasteiger partial charge on any atom is 0.240 e. The van der Waals surface area contributed by atoms with Crippen molar-refractivity contribution in [3.63, 3.8) is 0 Å². The molecule has 0 aliphatic carbocycles. The van der Waals surface area contributed by atoms with Crippen LogP contribution in [0.5, 0.6) is 0 Å². The SMILES string of the molecule is C=C(Cl)CF.C=CC(N)=O. The fourth-order valence-electron chi connectivity index (χ4n) is 0. The lowest BCUT2D eigenvalue weighted by Crippen LogP contribution is -2.04. The van der Waals surface area contributed by atoms with E-state index in [0.717, 1.165) is 6.08 Å². The van der Waals surface area contributed by atoms with Gasteiger partial charge >= 0.3 is 0 Å². The van der Waals surface area contributed by atoms with Gasteiger partial charge in [0.2, 0.25) is 5.91 Å². The molecule has 0 radical (unpaired) electrons. The lowest BCUT2D eigenvalue weighted by Gasteiger charge is -1.72. The Labute approximate surface area is 64.2 Å². The zero-order valence-corrected chi connectivity index (χ0v) is 6.20. The highest BCUT2D eigenvalue weighted by atomic mass is 35.5. The van der Waals surface area contributed by atoms with Gasteiger partial charge < -0.3 is 5.73 Å². The van der Waals surface area contributed by atoms with Gasteiger partial charge in [-0.3, -0.25) is 4.79 Å². The van der Waals surface area contributed by atoms with Crippen LogP contribution in [-0.2, 0) is 4.79 Å². The maximum absolute atomic E-state index is 10.9. The number of halogens is 2. The van der Waals surface area contributed by atoms with E-state index >= 15 is 0 Å². The first-order valence-electron chi connectivity index (χ1n) is 2.35. The smallest absolute Gasteiger partial charge is 0.240 e. The van der Waals surface area contributed by atoms with E-state index in [1.54, 1.807) is 0 Å². The predicted octanol–water partition coefficient (Wildman–Crippen LogP) is 1.37. The van der Waals surface area contributed by atoms with E-state index in [1.807, 2.05) is 0 Å². The van der Waals surface area contributed by atoms with E-state index in [0.29, 0.717) is 0 Å². The molecule has 0 bridgehead atoms. The first-order valence-corrected chi connectivity index (χ1v) is 2.73. The molecule has 0 spiro atoms. The van der Waals surface area contributed by atoms with Crippen molar-refractivity contribution < 1.29 is 9.18 Å². The topological polar surface area (TPSA) is 43.1 Å². The van der Waals surface area contributed by atoms with Crippen LogP contribution in [0.25, 0.3) is 0 Å². The van der Waals surface area contributed by atoms with Crippen molar-refractivity contribution in [3.05, 3.63) is 24.3 Å². The van der Waals surface area contributed by atoms with Crippen LogP contribution in [0.15, 0.2) is 24.3 Å². The van der Waals surface area contributed by atoms with Gasteiger partial charge in [0.1, 0.15) is 6.67 Å². The average molecular weight is 166 g/mol. The first-order chi connectivity index (χ1) is 4.54. The largest absolute Gasteiger partial charge is 0.366 e. The van der Waals surface area contributed by atoms with Crippen LogP contribution in [0.3, 0.4) is 0 Å². The summed E-state index contributed by atoms with van der Waals surface area (Å²) in [5, 5.41) is 0.0602. The zero-order valence-electron chi connectivity index (χ0n) is 5.44. The number of alkyl halides is 1. The Kier molecular flexibility index (Phi) is 9.73. The number of hydrogen-bond donors (Lipinski definition) is 1. The third-order valence-electron chi connectivity index (χ3n) is 0.346. The molecule has 0 unspecified atom stereocenters.